The molecule has 162 valence electrons. The Kier molecular flexibility index (Phi) is 7.04. The largest absolute Gasteiger partial charge is 0.489 e. The second-order valence-electron chi connectivity index (χ2n) is 7.11. The standard InChI is InChI=1S/C20H23F3N4O3/c1-19(2,11-28)27-18(29)16(25-3)14-9-13(6-7-15(14)24)30-10-12-5-4-8-26-17(12)20(21,22)23/h4-9,28H,10-11,24H2,1-3H3,(H,27,29). The van der Waals surface area contributed by atoms with Crippen LogP contribution in [0.4, 0.5) is 18.9 Å². The van der Waals surface area contributed by atoms with Crippen LogP contribution in [0.5, 0.6) is 5.75 Å². The number of anilines is 1. The first-order valence-corrected chi connectivity index (χ1v) is 8.92. The Morgan fingerprint density at radius 1 is 1.30 bits per heavy atom. The predicted molar refractivity (Wildman–Crippen MR) is 106 cm³/mol. The first-order valence-electron chi connectivity index (χ1n) is 8.92. The average molecular weight is 424 g/mol. The minimum atomic E-state index is -4.61. The lowest BCUT2D eigenvalue weighted by atomic mass is 10.0. The highest BCUT2D eigenvalue weighted by Crippen LogP contribution is 2.31. The Hall–Kier alpha value is -3.14. The van der Waals surface area contributed by atoms with Crippen LogP contribution in [0.1, 0.15) is 30.7 Å². The lowest BCUT2D eigenvalue weighted by Crippen LogP contribution is -2.49. The second-order valence-corrected chi connectivity index (χ2v) is 7.11. The molecule has 0 aliphatic heterocycles. The van der Waals surface area contributed by atoms with E-state index in [9.17, 15) is 23.1 Å². The van der Waals surface area contributed by atoms with Gasteiger partial charge in [-0.3, -0.25) is 14.8 Å². The SMILES string of the molecule is CN=C(C(=O)NC(C)(C)CO)c1cc(OCc2cccnc2C(F)(F)F)ccc1N. The van der Waals surface area contributed by atoms with E-state index in [1.807, 2.05) is 0 Å². The minimum Gasteiger partial charge on any atom is -0.489 e. The number of benzene rings is 1. The van der Waals surface area contributed by atoms with E-state index in [0.29, 0.717) is 0 Å². The van der Waals surface area contributed by atoms with Gasteiger partial charge in [0.05, 0.1) is 12.1 Å². The van der Waals surface area contributed by atoms with Crippen LogP contribution in [-0.2, 0) is 17.6 Å². The van der Waals surface area contributed by atoms with Crippen LogP contribution < -0.4 is 15.8 Å². The molecule has 10 heteroatoms. The molecule has 1 aromatic heterocycles. The maximum atomic E-state index is 13.1. The van der Waals surface area contributed by atoms with Crippen molar-refractivity contribution >= 4 is 17.3 Å². The molecule has 0 atom stereocenters. The molecule has 1 aromatic carbocycles. The number of alkyl halides is 3. The van der Waals surface area contributed by atoms with Crippen LogP contribution in [0.3, 0.4) is 0 Å². The molecule has 0 radical (unpaired) electrons. The third-order valence-corrected chi connectivity index (χ3v) is 4.12. The highest BCUT2D eigenvalue weighted by Gasteiger charge is 2.35. The Morgan fingerprint density at radius 2 is 2.00 bits per heavy atom. The fraction of sp³-hybridized carbons (Fsp3) is 0.350. The molecule has 7 nitrogen and oxygen atoms in total. The second kappa shape index (κ2) is 9.12. The third kappa shape index (κ3) is 5.69. The number of pyridine rings is 1. The van der Waals surface area contributed by atoms with Crippen molar-refractivity contribution in [1.29, 1.82) is 0 Å². The van der Waals surface area contributed by atoms with Gasteiger partial charge in [-0.25, -0.2) is 0 Å². The zero-order valence-electron chi connectivity index (χ0n) is 16.7. The summed E-state index contributed by atoms with van der Waals surface area (Å²) in [6.07, 6.45) is -3.55. The zero-order valence-corrected chi connectivity index (χ0v) is 16.7. The molecule has 2 aromatic rings. The van der Waals surface area contributed by atoms with Crippen molar-refractivity contribution in [2.75, 3.05) is 19.4 Å². The first-order chi connectivity index (χ1) is 14.0. The number of aliphatic hydroxyl groups is 1. The number of halogens is 3. The molecule has 0 aliphatic rings. The van der Waals surface area contributed by atoms with Crippen molar-refractivity contribution in [3.05, 3.63) is 53.3 Å². The molecule has 0 unspecified atom stereocenters. The number of ether oxygens (including phenoxy) is 1. The molecular formula is C20H23F3N4O3. The Bertz CT molecular complexity index is 943. The van der Waals surface area contributed by atoms with E-state index in [1.165, 1.54) is 37.4 Å². The lowest BCUT2D eigenvalue weighted by Gasteiger charge is -2.24. The zero-order chi connectivity index (χ0) is 22.5. The van der Waals surface area contributed by atoms with Crippen LogP contribution in [0, 0.1) is 0 Å². The summed E-state index contributed by atoms with van der Waals surface area (Å²) in [6.45, 7) is 2.59. The summed E-state index contributed by atoms with van der Waals surface area (Å²) in [5.74, 6) is -0.362. The average Bonchev–Trinajstić information content (AvgIpc) is 2.68. The quantitative estimate of drug-likeness (QED) is 0.468. The molecule has 0 saturated carbocycles. The number of nitrogens with zero attached hydrogens (tertiary/aromatic N) is 2. The van der Waals surface area contributed by atoms with Gasteiger partial charge in [-0.15, -0.1) is 0 Å². The van der Waals surface area contributed by atoms with Crippen molar-refractivity contribution in [3.8, 4) is 5.75 Å². The number of nitrogen functional groups attached to an aromatic ring is 1. The molecule has 1 amide bonds. The summed E-state index contributed by atoms with van der Waals surface area (Å²) < 4.78 is 44.7. The van der Waals surface area contributed by atoms with Crippen LogP contribution in [-0.4, -0.2) is 40.9 Å². The monoisotopic (exact) mass is 424 g/mol. The van der Waals surface area contributed by atoms with E-state index in [-0.39, 0.29) is 41.5 Å². The highest BCUT2D eigenvalue weighted by molar-refractivity contribution is 6.46. The minimum absolute atomic E-state index is 0.00293. The highest BCUT2D eigenvalue weighted by atomic mass is 19.4. The molecule has 1 heterocycles. The van der Waals surface area contributed by atoms with Crippen LogP contribution >= 0.6 is 0 Å². The lowest BCUT2D eigenvalue weighted by molar-refractivity contribution is -0.142. The van der Waals surface area contributed by atoms with Gasteiger partial charge in [0, 0.05) is 30.1 Å². The Balaban J connectivity index is 2.27. The Labute approximate surface area is 171 Å². The fourth-order valence-electron chi connectivity index (χ4n) is 2.55. The van der Waals surface area contributed by atoms with Gasteiger partial charge in [0.15, 0.2) is 5.69 Å². The number of carbonyl (C=O) groups is 1. The van der Waals surface area contributed by atoms with Gasteiger partial charge in [-0.05, 0) is 38.1 Å². The van der Waals surface area contributed by atoms with Gasteiger partial charge >= 0.3 is 6.18 Å². The van der Waals surface area contributed by atoms with Gasteiger partial charge in [0.1, 0.15) is 18.1 Å². The molecule has 0 saturated heterocycles. The summed E-state index contributed by atoms with van der Waals surface area (Å²) in [5, 5.41) is 12.0. The van der Waals surface area contributed by atoms with Crippen molar-refractivity contribution in [1.82, 2.24) is 10.3 Å². The van der Waals surface area contributed by atoms with E-state index < -0.39 is 23.3 Å². The molecular weight excluding hydrogens is 401 g/mol. The number of nitrogens with two attached hydrogens (primary N) is 1. The van der Waals surface area contributed by atoms with Crippen LogP contribution in [0.15, 0.2) is 41.5 Å². The first kappa shape index (κ1) is 23.1. The van der Waals surface area contributed by atoms with Crippen molar-refractivity contribution in [2.45, 2.75) is 32.2 Å². The molecule has 0 spiro atoms. The topological polar surface area (TPSA) is 110 Å². The summed E-state index contributed by atoms with van der Waals surface area (Å²) in [4.78, 5) is 19.9. The number of aromatic nitrogens is 1. The molecule has 2 rings (SSSR count). The molecule has 4 N–H and O–H groups in total. The molecule has 30 heavy (non-hydrogen) atoms. The number of nitrogens with one attached hydrogen (secondary N) is 1. The van der Waals surface area contributed by atoms with Crippen LogP contribution in [0.2, 0.25) is 0 Å². The number of rotatable bonds is 7. The third-order valence-electron chi connectivity index (χ3n) is 4.12. The Morgan fingerprint density at radius 3 is 2.60 bits per heavy atom. The molecule has 0 bridgehead atoms. The number of aliphatic imine (C=N–C) groups is 1. The van der Waals surface area contributed by atoms with E-state index >= 15 is 0 Å². The van der Waals surface area contributed by atoms with Gasteiger partial charge in [0.2, 0.25) is 0 Å². The number of carbonyl (C=O) groups excluding carboxylic acids is 1. The maximum absolute atomic E-state index is 13.1. The molecule has 0 aliphatic carbocycles. The van der Waals surface area contributed by atoms with Crippen molar-refractivity contribution in [3.63, 3.8) is 0 Å². The van der Waals surface area contributed by atoms with E-state index in [2.05, 4.69) is 15.3 Å². The van der Waals surface area contributed by atoms with E-state index in [1.54, 1.807) is 13.8 Å². The summed E-state index contributed by atoms with van der Waals surface area (Å²) in [5.41, 5.74) is 4.41. The number of hydrogen-bond donors (Lipinski definition) is 3. The molecule has 0 fully saturated rings. The number of amides is 1. The summed E-state index contributed by atoms with van der Waals surface area (Å²) in [6, 6.07) is 7.03. The van der Waals surface area contributed by atoms with Crippen LogP contribution in [0.25, 0.3) is 0 Å². The normalized spacial score (nSPS) is 12.6. The summed E-state index contributed by atoms with van der Waals surface area (Å²) >= 11 is 0. The number of hydrogen-bond acceptors (Lipinski definition) is 6. The van der Waals surface area contributed by atoms with Gasteiger partial charge in [0.25, 0.3) is 5.91 Å². The van der Waals surface area contributed by atoms with E-state index in [4.69, 9.17) is 10.5 Å². The van der Waals surface area contributed by atoms with Crippen molar-refractivity contribution < 1.29 is 27.8 Å². The fourth-order valence-corrected chi connectivity index (χ4v) is 2.55. The smallest absolute Gasteiger partial charge is 0.433 e. The maximum Gasteiger partial charge on any atom is 0.433 e. The van der Waals surface area contributed by atoms with Gasteiger partial charge in [-0.1, -0.05) is 6.07 Å². The van der Waals surface area contributed by atoms with Gasteiger partial charge in [-0.2, -0.15) is 13.2 Å². The van der Waals surface area contributed by atoms with Gasteiger partial charge < -0.3 is 20.9 Å². The van der Waals surface area contributed by atoms with Crippen molar-refractivity contribution in [2.24, 2.45) is 4.99 Å². The van der Waals surface area contributed by atoms with E-state index in [0.717, 1.165) is 6.20 Å². The number of aliphatic hydroxyl groups excluding tert-OH is 1. The predicted octanol–water partition coefficient (Wildman–Crippen LogP) is 2.57. The summed E-state index contributed by atoms with van der Waals surface area (Å²) in [7, 11) is 1.40.